The Balaban J connectivity index is 1.37. The summed E-state index contributed by atoms with van der Waals surface area (Å²) in [6.07, 6.45) is 0.753. The molecule has 1 atom stereocenters. The summed E-state index contributed by atoms with van der Waals surface area (Å²) in [6, 6.07) is 4.14. The summed E-state index contributed by atoms with van der Waals surface area (Å²) in [5.74, 6) is 0.331. The second kappa shape index (κ2) is 7.73. The van der Waals surface area contributed by atoms with Crippen LogP contribution in [0.15, 0.2) is 18.2 Å². The molecule has 0 aromatic carbocycles. The SMILES string of the molecule is O=C(C[C@H]1CCCCO1)N1CCC(c2cc3nc(C(F)(F)F)ccc3[nH]2)CC1. The van der Waals surface area contributed by atoms with Gasteiger partial charge in [-0.05, 0) is 50.3 Å². The predicted molar refractivity (Wildman–Crippen MR) is 97.9 cm³/mol. The zero-order chi connectivity index (χ0) is 19.7. The number of rotatable bonds is 3. The number of nitrogens with one attached hydrogen (secondary N) is 1. The topological polar surface area (TPSA) is 58.2 Å². The van der Waals surface area contributed by atoms with Crippen LogP contribution in [0.3, 0.4) is 0 Å². The molecule has 0 saturated carbocycles. The highest BCUT2D eigenvalue weighted by molar-refractivity contribution is 5.77. The molecule has 2 fully saturated rings. The lowest BCUT2D eigenvalue weighted by atomic mass is 9.93. The lowest BCUT2D eigenvalue weighted by Gasteiger charge is -2.33. The third kappa shape index (κ3) is 4.16. The molecule has 0 unspecified atom stereocenters. The maximum absolute atomic E-state index is 12.8. The monoisotopic (exact) mass is 395 g/mol. The first-order valence-corrected chi connectivity index (χ1v) is 9.86. The molecular weight excluding hydrogens is 371 g/mol. The normalized spacial score (nSPS) is 22.0. The highest BCUT2D eigenvalue weighted by Crippen LogP contribution is 2.32. The van der Waals surface area contributed by atoms with Crippen LogP contribution in [-0.4, -0.2) is 46.6 Å². The Hall–Kier alpha value is -2.09. The second-order valence-corrected chi connectivity index (χ2v) is 7.70. The lowest BCUT2D eigenvalue weighted by molar-refractivity contribution is -0.141. The van der Waals surface area contributed by atoms with Crippen molar-refractivity contribution in [3.63, 3.8) is 0 Å². The summed E-state index contributed by atoms with van der Waals surface area (Å²) >= 11 is 0. The molecule has 2 aromatic heterocycles. The van der Waals surface area contributed by atoms with Gasteiger partial charge in [-0.1, -0.05) is 0 Å². The van der Waals surface area contributed by atoms with Crippen LogP contribution in [0.25, 0.3) is 11.0 Å². The molecule has 4 rings (SSSR count). The number of nitrogens with zero attached hydrogens (tertiary/aromatic N) is 2. The van der Waals surface area contributed by atoms with Gasteiger partial charge in [0.25, 0.3) is 0 Å². The van der Waals surface area contributed by atoms with Gasteiger partial charge in [0.1, 0.15) is 5.69 Å². The summed E-state index contributed by atoms with van der Waals surface area (Å²) in [4.78, 5) is 21.3. The van der Waals surface area contributed by atoms with Gasteiger partial charge in [0.15, 0.2) is 0 Å². The Morgan fingerprint density at radius 1 is 1.21 bits per heavy atom. The van der Waals surface area contributed by atoms with Crippen molar-refractivity contribution in [3.8, 4) is 0 Å². The van der Waals surface area contributed by atoms with Crippen LogP contribution in [-0.2, 0) is 15.7 Å². The number of pyridine rings is 1. The van der Waals surface area contributed by atoms with E-state index < -0.39 is 11.9 Å². The number of piperidine rings is 1. The molecule has 28 heavy (non-hydrogen) atoms. The number of halogens is 3. The number of carbonyl (C=O) groups excluding carboxylic acids is 1. The number of likely N-dealkylation sites (tertiary alicyclic amines) is 1. The van der Waals surface area contributed by atoms with Crippen LogP contribution in [0.2, 0.25) is 0 Å². The number of amides is 1. The minimum atomic E-state index is -4.45. The molecule has 0 radical (unpaired) electrons. The third-order valence-corrected chi connectivity index (χ3v) is 5.75. The second-order valence-electron chi connectivity index (χ2n) is 7.70. The fraction of sp³-hybridized carbons (Fsp3) is 0.600. The Morgan fingerprint density at radius 2 is 2.00 bits per heavy atom. The quantitative estimate of drug-likeness (QED) is 0.845. The minimum Gasteiger partial charge on any atom is -0.378 e. The molecule has 8 heteroatoms. The summed E-state index contributed by atoms with van der Waals surface area (Å²) in [6.45, 7) is 2.06. The van der Waals surface area contributed by atoms with Crippen molar-refractivity contribution >= 4 is 16.9 Å². The van der Waals surface area contributed by atoms with E-state index in [0.717, 1.165) is 50.5 Å². The Morgan fingerprint density at radius 3 is 2.68 bits per heavy atom. The molecule has 152 valence electrons. The zero-order valence-electron chi connectivity index (χ0n) is 15.6. The van der Waals surface area contributed by atoms with Crippen molar-refractivity contribution in [3.05, 3.63) is 29.6 Å². The Labute approximate surface area is 161 Å². The van der Waals surface area contributed by atoms with E-state index in [0.29, 0.717) is 30.5 Å². The predicted octanol–water partition coefficient (Wildman–Crippen LogP) is 4.25. The molecule has 0 spiro atoms. The van der Waals surface area contributed by atoms with Crippen LogP contribution in [0, 0.1) is 0 Å². The van der Waals surface area contributed by atoms with Crippen molar-refractivity contribution < 1.29 is 22.7 Å². The van der Waals surface area contributed by atoms with Crippen LogP contribution < -0.4 is 0 Å². The fourth-order valence-electron chi connectivity index (χ4n) is 4.14. The van der Waals surface area contributed by atoms with E-state index in [-0.39, 0.29) is 17.9 Å². The number of aromatic nitrogens is 2. The first-order chi connectivity index (χ1) is 13.4. The van der Waals surface area contributed by atoms with Gasteiger partial charge in [0, 0.05) is 31.3 Å². The molecule has 4 heterocycles. The van der Waals surface area contributed by atoms with E-state index in [1.54, 1.807) is 6.07 Å². The van der Waals surface area contributed by atoms with Gasteiger partial charge in [-0.15, -0.1) is 0 Å². The van der Waals surface area contributed by atoms with Gasteiger partial charge in [-0.3, -0.25) is 4.79 Å². The number of H-pyrrole nitrogens is 1. The number of hydrogen-bond acceptors (Lipinski definition) is 3. The molecule has 2 aliphatic heterocycles. The highest BCUT2D eigenvalue weighted by atomic mass is 19.4. The number of carbonyl (C=O) groups is 1. The largest absolute Gasteiger partial charge is 0.433 e. The van der Waals surface area contributed by atoms with E-state index in [1.165, 1.54) is 6.07 Å². The average Bonchev–Trinajstić information content (AvgIpc) is 3.11. The number of alkyl halides is 3. The van der Waals surface area contributed by atoms with Gasteiger partial charge in [0.2, 0.25) is 5.91 Å². The summed E-state index contributed by atoms with van der Waals surface area (Å²) in [5, 5.41) is 0. The molecular formula is C20H24F3N3O2. The van der Waals surface area contributed by atoms with E-state index >= 15 is 0 Å². The van der Waals surface area contributed by atoms with Crippen LogP contribution in [0.4, 0.5) is 13.2 Å². The van der Waals surface area contributed by atoms with Gasteiger partial charge in [-0.2, -0.15) is 13.2 Å². The van der Waals surface area contributed by atoms with Gasteiger partial charge in [0.05, 0.1) is 23.6 Å². The van der Waals surface area contributed by atoms with Crippen molar-refractivity contribution in [1.29, 1.82) is 0 Å². The van der Waals surface area contributed by atoms with Crippen molar-refractivity contribution in [2.24, 2.45) is 0 Å². The van der Waals surface area contributed by atoms with Crippen molar-refractivity contribution in [1.82, 2.24) is 14.9 Å². The highest BCUT2D eigenvalue weighted by Gasteiger charge is 2.33. The molecule has 0 bridgehead atoms. The summed E-state index contributed by atoms with van der Waals surface area (Å²) in [5.41, 5.74) is 0.953. The molecule has 1 amide bonds. The minimum absolute atomic E-state index is 0.0431. The average molecular weight is 395 g/mol. The molecule has 2 saturated heterocycles. The van der Waals surface area contributed by atoms with E-state index in [9.17, 15) is 18.0 Å². The number of aromatic amines is 1. The van der Waals surface area contributed by atoms with Gasteiger partial charge < -0.3 is 14.6 Å². The summed E-state index contributed by atoms with van der Waals surface area (Å²) in [7, 11) is 0. The first kappa shape index (κ1) is 19.2. The maximum atomic E-state index is 12.8. The van der Waals surface area contributed by atoms with Crippen LogP contribution in [0.5, 0.6) is 0 Å². The molecule has 0 aliphatic carbocycles. The van der Waals surface area contributed by atoms with Crippen LogP contribution in [0.1, 0.15) is 55.8 Å². The number of fused-ring (bicyclic) bond motifs is 1. The maximum Gasteiger partial charge on any atom is 0.433 e. The first-order valence-electron chi connectivity index (χ1n) is 9.86. The van der Waals surface area contributed by atoms with Gasteiger partial charge >= 0.3 is 6.18 Å². The molecule has 1 N–H and O–H groups in total. The van der Waals surface area contributed by atoms with Crippen LogP contribution >= 0.6 is 0 Å². The van der Waals surface area contributed by atoms with Gasteiger partial charge in [-0.25, -0.2) is 4.98 Å². The Bertz CT molecular complexity index is 835. The van der Waals surface area contributed by atoms with E-state index in [1.807, 2.05) is 4.90 Å². The number of hydrogen-bond donors (Lipinski definition) is 1. The van der Waals surface area contributed by atoms with E-state index in [4.69, 9.17) is 4.74 Å². The third-order valence-electron chi connectivity index (χ3n) is 5.75. The zero-order valence-corrected chi connectivity index (χ0v) is 15.6. The standard InChI is InChI=1S/C20H24F3N3O2/c21-20(22,23)18-5-4-15-17(25-18)12-16(24-15)13-6-8-26(9-7-13)19(27)11-14-3-1-2-10-28-14/h4-5,12-14,24H,1-3,6-11H2/t14-/m1/s1. The van der Waals surface area contributed by atoms with E-state index in [2.05, 4.69) is 9.97 Å². The molecule has 5 nitrogen and oxygen atoms in total. The number of ether oxygens (including phenoxy) is 1. The van der Waals surface area contributed by atoms with Crippen molar-refractivity contribution in [2.75, 3.05) is 19.7 Å². The smallest absolute Gasteiger partial charge is 0.378 e. The van der Waals surface area contributed by atoms with Crippen molar-refractivity contribution in [2.45, 2.75) is 56.7 Å². The fourth-order valence-corrected chi connectivity index (χ4v) is 4.14. The Kier molecular flexibility index (Phi) is 5.31. The molecule has 2 aromatic rings. The molecule has 2 aliphatic rings. The lowest BCUT2D eigenvalue weighted by Crippen LogP contribution is -2.40. The summed E-state index contributed by atoms with van der Waals surface area (Å²) < 4.78 is 44.2.